The average Bonchev–Trinajstić information content (AvgIpc) is 2.67. The minimum atomic E-state index is -0.551. The quantitative estimate of drug-likeness (QED) is 0.358. The lowest BCUT2D eigenvalue weighted by Crippen LogP contribution is -2.04. The molecule has 2 aromatic carbocycles. The van der Waals surface area contributed by atoms with Gasteiger partial charge in [-0.3, -0.25) is 9.78 Å². The molecule has 0 aliphatic carbocycles. The molecule has 3 aromatic rings. The maximum absolute atomic E-state index is 14.5. The van der Waals surface area contributed by atoms with Gasteiger partial charge in [-0.1, -0.05) is 6.92 Å². The minimum Gasteiger partial charge on any atom is -0.457 e. The van der Waals surface area contributed by atoms with Gasteiger partial charge in [0.2, 0.25) is 0 Å². The summed E-state index contributed by atoms with van der Waals surface area (Å²) in [6.45, 7) is 3.24. The molecule has 0 bridgehead atoms. The monoisotopic (exact) mass is 377 g/mol. The predicted molar refractivity (Wildman–Crippen MR) is 108 cm³/mol. The number of nitrogens with two attached hydrogens (primary N) is 1. The van der Waals surface area contributed by atoms with E-state index in [2.05, 4.69) is 4.98 Å². The average molecular weight is 377 g/mol. The van der Waals surface area contributed by atoms with Crippen LogP contribution in [0.5, 0.6) is 11.5 Å². The number of aromatic nitrogens is 1. The Labute approximate surface area is 162 Å². The van der Waals surface area contributed by atoms with Crippen LogP contribution in [0.4, 0.5) is 10.1 Å². The third kappa shape index (κ3) is 3.91. The minimum absolute atomic E-state index is 0.125. The zero-order chi connectivity index (χ0) is 20.3. The molecule has 3 rings (SSSR count). The summed E-state index contributed by atoms with van der Waals surface area (Å²) in [4.78, 5) is 16.0. The van der Waals surface area contributed by atoms with Crippen LogP contribution >= 0.6 is 0 Å². The first-order valence-electron chi connectivity index (χ1n) is 8.80. The summed E-state index contributed by atoms with van der Waals surface area (Å²) in [5, 5.41) is 7.29. The molecule has 0 spiro atoms. The Morgan fingerprint density at radius 2 is 1.96 bits per heavy atom. The molecule has 5 nitrogen and oxygen atoms in total. The van der Waals surface area contributed by atoms with Gasteiger partial charge in [-0.2, -0.15) is 0 Å². The molecule has 0 saturated heterocycles. The second-order valence-electron chi connectivity index (χ2n) is 6.32. The molecule has 0 radical (unpaired) electrons. The molecule has 0 atom stereocenters. The number of ketones is 1. The SMILES string of the molecule is CCc1cc(-c2cc(Oc3ccc(C=N)c(N)c3)ccn2)cc(F)c1C(C)=O. The normalized spacial score (nSPS) is 10.5. The van der Waals surface area contributed by atoms with Crippen molar-refractivity contribution in [1.82, 2.24) is 4.98 Å². The summed E-state index contributed by atoms with van der Waals surface area (Å²) in [5.41, 5.74) is 8.80. The van der Waals surface area contributed by atoms with Crippen LogP contribution in [0.15, 0.2) is 48.7 Å². The number of aryl methyl sites for hydroxylation is 1. The number of nitrogen functional groups attached to an aromatic ring is 1. The number of anilines is 1. The highest BCUT2D eigenvalue weighted by atomic mass is 19.1. The van der Waals surface area contributed by atoms with Crippen molar-refractivity contribution < 1.29 is 13.9 Å². The maximum Gasteiger partial charge on any atom is 0.163 e. The zero-order valence-electron chi connectivity index (χ0n) is 15.6. The molecule has 0 unspecified atom stereocenters. The van der Waals surface area contributed by atoms with Crippen molar-refractivity contribution in [2.24, 2.45) is 0 Å². The zero-order valence-corrected chi connectivity index (χ0v) is 15.6. The number of pyridine rings is 1. The van der Waals surface area contributed by atoms with Crippen molar-refractivity contribution in [3.05, 3.63) is 71.2 Å². The summed E-state index contributed by atoms with van der Waals surface area (Å²) >= 11 is 0. The number of hydrogen-bond acceptors (Lipinski definition) is 5. The number of ether oxygens (including phenoxy) is 1. The molecule has 1 aromatic heterocycles. The fraction of sp³-hybridized carbons (Fsp3) is 0.136. The summed E-state index contributed by atoms with van der Waals surface area (Å²) in [7, 11) is 0. The molecule has 0 saturated carbocycles. The van der Waals surface area contributed by atoms with Gasteiger partial charge in [0.1, 0.15) is 17.3 Å². The third-order valence-electron chi connectivity index (χ3n) is 4.38. The maximum atomic E-state index is 14.5. The third-order valence-corrected chi connectivity index (χ3v) is 4.38. The van der Waals surface area contributed by atoms with Crippen LogP contribution in [0.1, 0.15) is 35.3 Å². The Bertz CT molecular complexity index is 1060. The Morgan fingerprint density at radius 3 is 2.61 bits per heavy atom. The fourth-order valence-corrected chi connectivity index (χ4v) is 3.00. The van der Waals surface area contributed by atoms with Crippen LogP contribution in [-0.4, -0.2) is 17.0 Å². The van der Waals surface area contributed by atoms with Gasteiger partial charge >= 0.3 is 0 Å². The van der Waals surface area contributed by atoms with E-state index in [1.165, 1.54) is 19.2 Å². The van der Waals surface area contributed by atoms with Gasteiger partial charge in [-0.05, 0) is 49.2 Å². The van der Waals surface area contributed by atoms with E-state index < -0.39 is 5.82 Å². The van der Waals surface area contributed by atoms with Gasteiger partial charge in [-0.15, -0.1) is 0 Å². The molecule has 142 valence electrons. The summed E-state index contributed by atoms with van der Waals surface area (Å²) in [5.74, 6) is 0.190. The standard InChI is InChI=1S/C22H20FN3O2/c1-3-14-8-16(9-19(23)22(14)13(2)27)21-11-18(6-7-26-21)28-17-5-4-15(12-24)20(25)10-17/h4-12,24H,3,25H2,1-2H3. The molecular weight excluding hydrogens is 357 g/mol. The van der Waals surface area contributed by atoms with Gasteiger partial charge in [0.05, 0.1) is 11.3 Å². The molecular formula is C22H20FN3O2. The number of Topliss-reactive ketones (excluding diaryl/α,β-unsaturated/α-hetero) is 1. The van der Waals surface area contributed by atoms with Crippen molar-refractivity contribution in [2.45, 2.75) is 20.3 Å². The topological polar surface area (TPSA) is 89.1 Å². The molecule has 0 aliphatic heterocycles. The second-order valence-corrected chi connectivity index (χ2v) is 6.32. The predicted octanol–water partition coefficient (Wildman–Crippen LogP) is 5.02. The van der Waals surface area contributed by atoms with E-state index in [0.29, 0.717) is 46.0 Å². The Morgan fingerprint density at radius 1 is 1.21 bits per heavy atom. The number of nitrogens with one attached hydrogen (secondary N) is 1. The summed E-state index contributed by atoms with van der Waals surface area (Å²) in [6.07, 6.45) is 3.28. The van der Waals surface area contributed by atoms with Crippen LogP contribution in [0.2, 0.25) is 0 Å². The molecule has 0 amide bonds. The molecule has 0 aliphatic rings. The van der Waals surface area contributed by atoms with Gasteiger partial charge in [0.25, 0.3) is 0 Å². The molecule has 3 N–H and O–H groups in total. The number of carbonyl (C=O) groups excluding carboxylic acids is 1. The Kier molecular flexibility index (Phi) is 5.49. The smallest absolute Gasteiger partial charge is 0.163 e. The first-order chi connectivity index (χ1) is 13.4. The largest absolute Gasteiger partial charge is 0.457 e. The van der Waals surface area contributed by atoms with Crippen molar-refractivity contribution in [1.29, 1.82) is 5.41 Å². The number of rotatable bonds is 6. The number of benzene rings is 2. The number of hydrogen-bond donors (Lipinski definition) is 2. The van der Waals surface area contributed by atoms with E-state index in [0.717, 1.165) is 0 Å². The lowest BCUT2D eigenvalue weighted by molar-refractivity contribution is 0.101. The first kappa shape index (κ1) is 19.2. The molecule has 6 heteroatoms. The fourth-order valence-electron chi connectivity index (χ4n) is 3.00. The van der Waals surface area contributed by atoms with Crippen molar-refractivity contribution in [3.8, 4) is 22.8 Å². The summed E-state index contributed by atoms with van der Waals surface area (Å²) < 4.78 is 20.3. The summed E-state index contributed by atoms with van der Waals surface area (Å²) in [6, 6.07) is 11.5. The number of carbonyl (C=O) groups is 1. The van der Waals surface area contributed by atoms with Gasteiger partial charge in [0.15, 0.2) is 5.78 Å². The van der Waals surface area contributed by atoms with Crippen LogP contribution in [0.25, 0.3) is 11.3 Å². The van der Waals surface area contributed by atoms with Crippen molar-refractivity contribution in [2.75, 3.05) is 5.73 Å². The van der Waals surface area contributed by atoms with E-state index in [9.17, 15) is 9.18 Å². The van der Waals surface area contributed by atoms with E-state index in [1.54, 1.807) is 42.6 Å². The van der Waals surface area contributed by atoms with Crippen LogP contribution in [0, 0.1) is 11.2 Å². The van der Waals surface area contributed by atoms with Gasteiger partial charge in [0, 0.05) is 41.4 Å². The Hall–Kier alpha value is -3.54. The Balaban J connectivity index is 1.95. The highest BCUT2D eigenvalue weighted by Gasteiger charge is 2.15. The highest BCUT2D eigenvalue weighted by molar-refractivity contribution is 5.96. The number of halogens is 1. The van der Waals surface area contributed by atoms with Crippen molar-refractivity contribution >= 4 is 17.7 Å². The lowest BCUT2D eigenvalue weighted by atomic mass is 9.97. The van der Waals surface area contributed by atoms with E-state index in [-0.39, 0.29) is 11.3 Å². The molecule has 1 heterocycles. The highest BCUT2D eigenvalue weighted by Crippen LogP contribution is 2.29. The first-order valence-corrected chi connectivity index (χ1v) is 8.80. The van der Waals surface area contributed by atoms with E-state index in [4.69, 9.17) is 15.9 Å². The van der Waals surface area contributed by atoms with Crippen molar-refractivity contribution in [3.63, 3.8) is 0 Å². The number of nitrogens with zero attached hydrogens (tertiary/aromatic N) is 1. The lowest BCUT2D eigenvalue weighted by Gasteiger charge is -2.11. The van der Waals surface area contributed by atoms with Crippen LogP contribution < -0.4 is 10.5 Å². The van der Waals surface area contributed by atoms with Crippen LogP contribution in [-0.2, 0) is 6.42 Å². The molecule has 28 heavy (non-hydrogen) atoms. The van der Waals surface area contributed by atoms with E-state index in [1.807, 2.05) is 6.92 Å². The van der Waals surface area contributed by atoms with Gasteiger partial charge < -0.3 is 15.9 Å². The second kappa shape index (κ2) is 8.00. The van der Waals surface area contributed by atoms with Gasteiger partial charge in [-0.25, -0.2) is 4.39 Å². The molecule has 0 fully saturated rings. The van der Waals surface area contributed by atoms with Crippen LogP contribution in [0.3, 0.4) is 0 Å². The van der Waals surface area contributed by atoms with E-state index >= 15 is 0 Å².